The van der Waals surface area contributed by atoms with Gasteiger partial charge in [0.05, 0.1) is 11.3 Å². The largest absolute Gasteiger partial charge is 0.355 e. The van der Waals surface area contributed by atoms with Crippen molar-refractivity contribution in [2.24, 2.45) is 0 Å². The molecule has 0 atom stereocenters. The molecule has 1 heterocycles. The number of ketones is 1. The Labute approximate surface area is 142 Å². The van der Waals surface area contributed by atoms with E-state index in [-0.39, 0.29) is 17.2 Å². The molecular weight excluding hydrogens is 300 g/mol. The summed E-state index contributed by atoms with van der Waals surface area (Å²) < 4.78 is 0. The minimum Gasteiger partial charge on any atom is -0.355 e. The second-order valence-corrected chi connectivity index (χ2v) is 7.08. The zero-order chi connectivity index (χ0) is 17.5. The molecule has 4 heteroatoms. The van der Waals surface area contributed by atoms with Crippen molar-refractivity contribution in [1.29, 1.82) is 0 Å². The topological polar surface area (TPSA) is 62.0 Å². The molecule has 1 aromatic carbocycles. The monoisotopic (exact) mass is 324 g/mol. The summed E-state index contributed by atoms with van der Waals surface area (Å²) in [5, 5.41) is 3.21. The Morgan fingerprint density at radius 1 is 1.12 bits per heavy atom. The highest BCUT2D eigenvalue weighted by Gasteiger charge is 2.44. The van der Waals surface area contributed by atoms with Crippen molar-refractivity contribution in [1.82, 2.24) is 10.3 Å². The number of carbonyl (C=O) groups is 2. The third-order valence-corrected chi connectivity index (χ3v) is 4.91. The summed E-state index contributed by atoms with van der Waals surface area (Å²) in [6, 6.07) is 8.46. The zero-order valence-corrected chi connectivity index (χ0v) is 14.7. The van der Waals surface area contributed by atoms with Gasteiger partial charge in [0.1, 0.15) is 0 Å². The van der Waals surface area contributed by atoms with E-state index in [0.717, 1.165) is 30.5 Å². The Hall–Kier alpha value is -2.36. The summed E-state index contributed by atoms with van der Waals surface area (Å²) >= 11 is 0. The maximum Gasteiger partial charge on any atom is 0.253 e. The lowest BCUT2D eigenvalue weighted by molar-refractivity contribution is 0.0930. The molecule has 2 aromatic rings. The Morgan fingerprint density at radius 2 is 1.75 bits per heavy atom. The quantitative estimate of drug-likeness (QED) is 0.825. The van der Waals surface area contributed by atoms with Gasteiger partial charge in [0.2, 0.25) is 0 Å². The van der Waals surface area contributed by atoms with Gasteiger partial charge in [0.25, 0.3) is 5.91 Å². The Morgan fingerprint density at radius 3 is 2.25 bits per heavy atom. The number of aromatic nitrogens is 1. The van der Waals surface area contributed by atoms with Crippen LogP contribution in [0.2, 0.25) is 0 Å². The third kappa shape index (κ3) is 3.14. The van der Waals surface area contributed by atoms with E-state index in [9.17, 15) is 9.59 Å². The highest BCUT2D eigenvalue weighted by atomic mass is 16.2. The summed E-state index contributed by atoms with van der Waals surface area (Å²) in [4.78, 5) is 27.5. The first-order valence-electron chi connectivity index (χ1n) is 8.39. The van der Waals surface area contributed by atoms with Gasteiger partial charge in [-0.3, -0.25) is 9.59 Å². The fourth-order valence-electron chi connectivity index (χ4n) is 3.34. The van der Waals surface area contributed by atoms with Crippen LogP contribution in [-0.4, -0.2) is 22.2 Å². The van der Waals surface area contributed by atoms with E-state index in [1.165, 1.54) is 18.1 Å². The van der Waals surface area contributed by atoms with Crippen LogP contribution in [-0.2, 0) is 6.42 Å². The average Bonchev–Trinajstić information content (AvgIpc) is 3.18. The maximum absolute atomic E-state index is 12.8. The molecule has 1 aromatic heterocycles. The minimum absolute atomic E-state index is 0.0459. The van der Waals surface area contributed by atoms with Crippen LogP contribution in [0.25, 0.3) is 0 Å². The number of aryl methyl sites for hydroxylation is 2. The summed E-state index contributed by atoms with van der Waals surface area (Å²) in [6.07, 6.45) is 2.84. The molecule has 0 aliphatic heterocycles. The number of Topliss-reactive ketones (excluding diaryl/α,β-unsaturated/α-hetero) is 1. The van der Waals surface area contributed by atoms with Crippen LogP contribution < -0.4 is 5.32 Å². The number of H-pyrrole nitrogens is 1. The van der Waals surface area contributed by atoms with Gasteiger partial charge in [-0.15, -0.1) is 0 Å². The molecule has 2 N–H and O–H groups in total. The molecule has 4 nitrogen and oxygen atoms in total. The SMILES string of the molecule is CC(=O)c1[nH]c(C)c(C(=O)NC2(Cc3ccc(C)cc3)CC2)c1C. The highest BCUT2D eigenvalue weighted by molar-refractivity contribution is 6.02. The molecule has 126 valence electrons. The first-order chi connectivity index (χ1) is 11.3. The molecule has 0 unspecified atom stereocenters. The second kappa shape index (κ2) is 5.93. The van der Waals surface area contributed by atoms with Gasteiger partial charge in [-0.1, -0.05) is 29.8 Å². The van der Waals surface area contributed by atoms with E-state index in [1.807, 2.05) is 13.8 Å². The Balaban J connectivity index is 1.77. The molecule has 0 saturated heterocycles. The predicted octanol–water partition coefficient (Wildman–Crippen LogP) is 3.65. The number of aromatic amines is 1. The van der Waals surface area contributed by atoms with E-state index in [4.69, 9.17) is 0 Å². The smallest absolute Gasteiger partial charge is 0.253 e. The molecule has 1 aliphatic carbocycles. The van der Waals surface area contributed by atoms with E-state index in [2.05, 4.69) is 41.5 Å². The number of carbonyl (C=O) groups excluding carboxylic acids is 2. The third-order valence-electron chi connectivity index (χ3n) is 4.91. The van der Waals surface area contributed by atoms with E-state index in [1.54, 1.807) is 0 Å². The number of hydrogen-bond donors (Lipinski definition) is 2. The normalized spacial score (nSPS) is 15.2. The highest BCUT2D eigenvalue weighted by Crippen LogP contribution is 2.39. The maximum atomic E-state index is 12.8. The summed E-state index contributed by atoms with van der Waals surface area (Å²) in [6.45, 7) is 7.25. The van der Waals surface area contributed by atoms with Crippen LogP contribution in [0.1, 0.15) is 63.0 Å². The lowest BCUT2D eigenvalue weighted by Crippen LogP contribution is -2.39. The zero-order valence-electron chi connectivity index (χ0n) is 14.7. The number of nitrogens with one attached hydrogen (secondary N) is 2. The van der Waals surface area contributed by atoms with Crippen LogP contribution in [0.15, 0.2) is 24.3 Å². The van der Waals surface area contributed by atoms with Crippen LogP contribution >= 0.6 is 0 Å². The summed E-state index contributed by atoms with van der Waals surface area (Å²) in [7, 11) is 0. The number of rotatable bonds is 5. The standard InChI is InChI=1S/C20H24N2O2/c1-12-5-7-16(8-6-12)11-20(9-10-20)22-19(24)17-13(2)18(15(4)23)21-14(17)3/h5-8,21H,9-11H2,1-4H3,(H,22,24). The molecular formula is C20H24N2O2. The number of amides is 1. The lowest BCUT2D eigenvalue weighted by atomic mass is 10.0. The summed E-state index contributed by atoms with van der Waals surface area (Å²) in [5.74, 6) is -0.131. The van der Waals surface area contributed by atoms with Crippen molar-refractivity contribution >= 4 is 11.7 Å². The lowest BCUT2D eigenvalue weighted by Gasteiger charge is -2.18. The van der Waals surface area contributed by atoms with Crippen LogP contribution in [0.3, 0.4) is 0 Å². The van der Waals surface area contributed by atoms with Crippen molar-refractivity contribution in [2.45, 2.75) is 52.5 Å². The fraction of sp³-hybridized carbons (Fsp3) is 0.400. The molecule has 0 spiro atoms. The van der Waals surface area contributed by atoms with Gasteiger partial charge in [0.15, 0.2) is 5.78 Å². The van der Waals surface area contributed by atoms with Gasteiger partial charge >= 0.3 is 0 Å². The Kier molecular flexibility index (Phi) is 4.08. The van der Waals surface area contributed by atoms with Gasteiger partial charge in [-0.05, 0) is 51.2 Å². The van der Waals surface area contributed by atoms with Crippen molar-refractivity contribution in [3.05, 3.63) is 57.9 Å². The molecule has 0 radical (unpaired) electrons. The Bertz CT molecular complexity index is 796. The fourth-order valence-corrected chi connectivity index (χ4v) is 3.34. The van der Waals surface area contributed by atoms with Gasteiger partial charge < -0.3 is 10.3 Å². The van der Waals surface area contributed by atoms with Crippen molar-refractivity contribution in [3.8, 4) is 0 Å². The van der Waals surface area contributed by atoms with E-state index in [0.29, 0.717) is 11.3 Å². The molecule has 1 amide bonds. The van der Waals surface area contributed by atoms with Crippen LogP contribution in [0.4, 0.5) is 0 Å². The second-order valence-electron chi connectivity index (χ2n) is 7.08. The number of hydrogen-bond acceptors (Lipinski definition) is 2. The van der Waals surface area contributed by atoms with Crippen molar-refractivity contribution < 1.29 is 9.59 Å². The van der Waals surface area contributed by atoms with E-state index >= 15 is 0 Å². The summed E-state index contributed by atoms with van der Waals surface area (Å²) in [5.41, 5.74) is 4.97. The first-order valence-corrected chi connectivity index (χ1v) is 8.39. The van der Waals surface area contributed by atoms with E-state index < -0.39 is 0 Å². The molecule has 0 bridgehead atoms. The van der Waals surface area contributed by atoms with Crippen LogP contribution in [0.5, 0.6) is 0 Å². The average molecular weight is 324 g/mol. The minimum atomic E-state index is -0.140. The van der Waals surface area contributed by atoms with Crippen molar-refractivity contribution in [2.75, 3.05) is 0 Å². The predicted molar refractivity (Wildman–Crippen MR) is 94.6 cm³/mol. The molecule has 3 rings (SSSR count). The first kappa shape index (κ1) is 16.5. The molecule has 24 heavy (non-hydrogen) atoms. The number of benzene rings is 1. The van der Waals surface area contributed by atoms with Gasteiger partial charge in [0, 0.05) is 18.2 Å². The van der Waals surface area contributed by atoms with Gasteiger partial charge in [-0.25, -0.2) is 0 Å². The molecule has 1 saturated carbocycles. The van der Waals surface area contributed by atoms with Gasteiger partial charge in [-0.2, -0.15) is 0 Å². The molecule has 1 aliphatic rings. The molecule has 1 fully saturated rings. The van der Waals surface area contributed by atoms with Crippen LogP contribution in [0, 0.1) is 20.8 Å². The van der Waals surface area contributed by atoms with Crippen molar-refractivity contribution in [3.63, 3.8) is 0 Å².